The highest BCUT2D eigenvalue weighted by molar-refractivity contribution is 7.89. The zero-order valence-electron chi connectivity index (χ0n) is 22.3. The number of aromatic hydroxyl groups is 1. The van der Waals surface area contributed by atoms with Crippen LogP contribution < -0.4 is 10.9 Å². The second kappa shape index (κ2) is 11.3. The lowest BCUT2D eigenvalue weighted by Gasteiger charge is -2.40. The largest absolute Gasteiger partial charge is 0.501 e. The molecule has 16 heteroatoms. The van der Waals surface area contributed by atoms with E-state index in [1.165, 1.54) is 22.6 Å². The summed E-state index contributed by atoms with van der Waals surface area (Å²) in [6, 6.07) is 3.16. The average molecular weight is 596 g/mol. The first-order valence-electron chi connectivity index (χ1n) is 13.0. The number of hydrogen-bond donors (Lipinski definition) is 2. The Morgan fingerprint density at radius 2 is 1.83 bits per heavy atom. The zero-order valence-corrected chi connectivity index (χ0v) is 23.1. The van der Waals surface area contributed by atoms with Crippen molar-refractivity contribution >= 4 is 22.0 Å². The van der Waals surface area contributed by atoms with Crippen LogP contribution in [-0.4, -0.2) is 97.4 Å². The van der Waals surface area contributed by atoms with Gasteiger partial charge in [0.05, 0.1) is 25.2 Å². The van der Waals surface area contributed by atoms with Crippen molar-refractivity contribution in [2.75, 3.05) is 53.1 Å². The number of nitrogens with one attached hydrogen (secondary N) is 1. The van der Waals surface area contributed by atoms with Crippen LogP contribution in [0.3, 0.4) is 0 Å². The van der Waals surface area contributed by atoms with Gasteiger partial charge in [0.2, 0.25) is 15.8 Å². The van der Waals surface area contributed by atoms with Crippen molar-refractivity contribution in [1.82, 2.24) is 24.1 Å². The molecule has 3 aliphatic heterocycles. The number of ether oxygens (including phenoxy) is 3. The Balaban J connectivity index is 1.34. The van der Waals surface area contributed by atoms with Crippen LogP contribution in [0.4, 0.5) is 9.18 Å². The first-order chi connectivity index (χ1) is 19.6. The molecule has 2 N–H and O–H groups in total. The topological polar surface area (TPSA) is 170 Å². The van der Waals surface area contributed by atoms with Gasteiger partial charge in [-0.05, 0) is 23.8 Å². The molecule has 0 aliphatic carbocycles. The van der Waals surface area contributed by atoms with Crippen molar-refractivity contribution < 1.29 is 41.7 Å². The number of benzene rings is 1. The summed E-state index contributed by atoms with van der Waals surface area (Å²) in [5, 5.41) is 13.0. The van der Waals surface area contributed by atoms with Crippen LogP contribution in [0.2, 0.25) is 0 Å². The van der Waals surface area contributed by atoms with Crippen molar-refractivity contribution in [2.45, 2.75) is 36.4 Å². The number of fused-ring (bicyclic) bond motifs is 2. The van der Waals surface area contributed by atoms with Crippen LogP contribution >= 0.6 is 0 Å². The molecular formula is C25H30FN5O9S. The molecule has 1 aromatic heterocycles. The van der Waals surface area contributed by atoms with Gasteiger partial charge in [-0.2, -0.15) is 4.31 Å². The highest BCUT2D eigenvalue weighted by atomic mass is 32.2. The van der Waals surface area contributed by atoms with Gasteiger partial charge in [-0.25, -0.2) is 22.6 Å². The predicted octanol–water partition coefficient (Wildman–Crippen LogP) is 0.127. The van der Waals surface area contributed by atoms with Crippen molar-refractivity contribution in [2.24, 2.45) is 0 Å². The number of rotatable bonds is 5. The number of amides is 2. The molecule has 0 saturated carbocycles. The second-order valence-corrected chi connectivity index (χ2v) is 11.8. The van der Waals surface area contributed by atoms with Gasteiger partial charge >= 0.3 is 6.09 Å². The van der Waals surface area contributed by atoms with Gasteiger partial charge in [0.1, 0.15) is 17.2 Å². The van der Waals surface area contributed by atoms with E-state index in [-0.39, 0.29) is 62.2 Å². The van der Waals surface area contributed by atoms with E-state index in [4.69, 9.17) is 9.47 Å². The highest BCUT2D eigenvalue weighted by Gasteiger charge is 2.43. The van der Waals surface area contributed by atoms with E-state index in [0.29, 0.717) is 26.1 Å². The molecule has 2 fully saturated rings. The summed E-state index contributed by atoms with van der Waals surface area (Å²) in [6.45, 7) is 1.06. The van der Waals surface area contributed by atoms with E-state index >= 15 is 0 Å². The number of nitrogens with zero attached hydrogens (tertiary/aromatic N) is 4. The Bertz CT molecular complexity index is 1520. The maximum Gasteiger partial charge on any atom is 0.409 e. The number of carbonyl (C=O) groups is 2. The molecule has 4 heterocycles. The van der Waals surface area contributed by atoms with Gasteiger partial charge in [0.25, 0.3) is 11.5 Å². The number of methoxy groups -OCH3 is 1. The number of sulfonamides is 1. The lowest BCUT2D eigenvalue weighted by molar-refractivity contribution is -0.139. The fourth-order valence-electron chi connectivity index (χ4n) is 5.25. The van der Waals surface area contributed by atoms with Crippen molar-refractivity contribution in [3.05, 3.63) is 51.5 Å². The van der Waals surface area contributed by atoms with Crippen LogP contribution in [-0.2, 0) is 42.9 Å². The second-order valence-electron chi connectivity index (χ2n) is 9.88. The third-order valence-electron chi connectivity index (χ3n) is 7.46. The monoisotopic (exact) mass is 595 g/mol. The van der Waals surface area contributed by atoms with Gasteiger partial charge in [0, 0.05) is 58.8 Å². The van der Waals surface area contributed by atoms with Gasteiger partial charge < -0.3 is 29.5 Å². The summed E-state index contributed by atoms with van der Waals surface area (Å²) in [5.41, 5.74) is -2.08. The highest BCUT2D eigenvalue weighted by Crippen LogP contribution is 2.37. The number of piperazine rings is 1. The van der Waals surface area contributed by atoms with E-state index in [1.54, 1.807) is 0 Å². The molecule has 0 unspecified atom stereocenters. The standard InChI is InChI=1S/C25H30FN5O9S/c1-38-24(35)29-4-6-30(7-5-29)41(36,37)18-13-16(12-17(26)14-18)15-27-21(33)19-20(32)22(34)31-8-11-40-25(23(31)28-19)2-9-39-10-3-25/h12-14,32H,2-11,15H2,1H3,(H,27,33). The molecular weight excluding hydrogens is 565 g/mol. The van der Waals surface area contributed by atoms with E-state index < -0.39 is 50.4 Å². The third kappa shape index (κ3) is 5.51. The Labute approximate surface area is 234 Å². The average Bonchev–Trinajstić information content (AvgIpc) is 2.98. The molecule has 222 valence electrons. The third-order valence-corrected chi connectivity index (χ3v) is 9.33. The fourth-order valence-corrected chi connectivity index (χ4v) is 6.76. The van der Waals surface area contributed by atoms with Gasteiger partial charge in [-0.3, -0.25) is 14.2 Å². The zero-order chi connectivity index (χ0) is 29.4. The Hall–Kier alpha value is -3.60. The minimum absolute atomic E-state index is 0.00381. The van der Waals surface area contributed by atoms with Crippen molar-refractivity contribution in [1.29, 1.82) is 0 Å². The van der Waals surface area contributed by atoms with Gasteiger partial charge in [0.15, 0.2) is 5.69 Å². The molecule has 2 aromatic rings. The maximum absolute atomic E-state index is 14.5. The minimum atomic E-state index is -4.11. The fraction of sp³-hybridized carbons (Fsp3) is 0.520. The summed E-state index contributed by atoms with van der Waals surface area (Å²) in [6.07, 6.45) is 0.274. The van der Waals surface area contributed by atoms with Crippen LogP contribution in [0, 0.1) is 5.82 Å². The van der Waals surface area contributed by atoms with E-state index in [9.17, 15) is 32.3 Å². The molecule has 0 atom stereocenters. The van der Waals surface area contributed by atoms with Gasteiger partial charge in [-0.15, -0.1) is 0 Å². The number of aromatic nitrogens is 2. The molecule has 1 spiro atoms. The summed E-state index contributed by atoms with van der Waals surface area (Å²) in [7, 11) is -2.88. The first-order valence-corrected chi connectivity index (χ1v) is 14.5. The van der Waals surface area contributed by atoms with Gasteiger partial charge in [-0.1, -0.05) is 0 Å². The van der Waals surface area contributed by atoms with E-state index in [1.807, 2.05) is 0 Å². The summed E-state index contributed by atoms with van der Waals surface area (Å²) in [4.78, 5) is 43.1. The minimum Gasteiger partial charge on any atom is -0.501 e. The van der Waals surface area contributed by atoms with Crippen molar-refractivity contribution in [3.63, 3.8) is 0 Å². The first kappa shape index (κ1) is 28.9. The van der Waals surface area contributed by atoms with Crippen LogP contribution in [0.15, 0.2) is 27.9 Å². The SMILES string of the molecule is COC(=O)N1CCN(S(=O)(=O)c2cc(F)cc(CNC(=O)c3nc4n(c(=O)c3O)CCOC43CCOCC3)c2)CC1. The van der Waals surface area contributed by atoms with Crippen LogP contribution in [0.25, 0.3) is 0 Å². The molecule has 0 radical (unpaired) electrons. The smallest absolute Gasteiger partial charge is 0.409 e. The van der Waals surface area contributed by atoms with Crippen LogP contribution in [0.5, 0.6) is 5.75 Å². The Morgan fingerprint density at radius 1 is 1.12 bits per heavy atom. The molecule has 5 rings (SSSR count). The molecule has 2 saturated heterocycles. The quantitative estimate of drug-likeness (QED) is 0.484. The summed E-state index contributed by atoms with van der Waals surface area (Å²) < 4.78 is 59.4. The molecule has 3 aliphatic rings. The lowest BCUT2D eigenvalue weighted by atomic mass is 9.91. The summed E-state index contributed by atoms with van der Waals surface area (Å²) in [5.74, 6) is -2.34. The maximum atomic E-state index is 14.5. The molecule has 0 bridgehead atoms. The predicted molar refractivity (Wildman–Crippen MR) is 138 cm³/mol. The molecule has 14 nitrogen and oxygen atoms in total. The van der Waals surface area contributed by atoms with E-state index in [0.717, 1.165) is 16.4 Å². The lowest BCUT2D eigenvalue weighted by Crippen LogP contribution is -2.50. The van der Waals surface area contributed by atoms with E-state index in [2.05, 4.69) is 15.0 Å². The molecule has 41 heavy (non-hydrogen) atoms. The van der Waals surface area contributed by atoms with Crippen molar-refractivity contribution in [3.8, 4) is 5.75 Å². The van der Waals surface area contributed by atoms with Crippen LogP contribution in [0.1, 0.15) is 34.7 Å². The molecule has 1 aromatic carbocycles. The molecule has 2 amide bonds. The summed E-state index contributed by atoms with van der Waals surface area (Å²) >= 11 is 0. The number of carbonyl (C=O) groups excluding carboxylic acids is 2. The Kier molecular flexibility index (Phi) is 8.00. The number of halogens is 1. The number of hydrogen-bond acceptors (Lipinski definition) is 10. The Morgan fingerprint density at radius 3 is 2.51 bits per heavy atom. The normalized spacial score (nSPS) is 19.0.